The summed E-state index contributed by atoms with van der Waals surface area (Å²) >= 11 is 18.1. The Morgan fingerprint density at radius 2 is 1.59 bits per heavy atom. The number of nitrogens with one attached hydrogen (secondary N) is 2. The normalized spacial score (nSPS) is 10.6. The van der Waals surface area contributed by atoms with Gasteiger partial charge in [0.2, 0.25) is 0 Å². The van der Waals surface area contributed by atoms with Gasteiger partial charge in [0.15, 0.2) is 5.76 Å². The predicted molar refractivity (Wildman–Crippen MR) is 135 cm³/mol. The fourth-order valence-electron chi connectivity index (χ4n) is 3.16. The number of anilines is 2. The maximum atomic E-state index is 12.7. The molecule has 0 atom stereocenters. The minimum Gasteiger partial charge on any atom is -0.494 e. The molecule has 0 unspecified atom stereocenters. The number of furan rings is 1. The molecule has 0 aliphatic carbocycles. The van der Waals surface area contributed by atoms with Crippen LogP contribution in [-0.4, -0.2) is 18.9 Å². The number of carbonyl (C=O) groups is 2. The monoisotopic (exact) mass is 514 g/mol. The van der Waals surface area contributed by atoms with Crippen LogP contribution in [0, 0.1) is 0 Å². The molecule has 0 aliphatic heterocycles. The SMILES string of the molecule is COc1cc(NC(=O)c2ccc(-c3ccc(Cl)c(Cl)c3)o2)ccc1NC(=O)c1ccccc1Cl. The molecule has 6 nitrogen and oxygen atoms in total. The lowest BCUT2D eigenvalue weighted by Gasteiger charge is -2.13. The van der Waals surface area contributed by atoms with Gasteiger partial charge >= 0.3 is 0 Å². The summed E-state index contributed by atoms with van der Waals surface area (Å²) in [5.41, 5.74) is 1.89. The maximum absolute atomic E-state index is 12.7. The van der Waals surface area contributed by atoms with Crippen LogP contribution in [0.1, 0.15) is 20.9 Å². The Labute approximate surface area is 210 Å². The van der Waals surface area contributed by atoms with Crippen molar-refractivity contribution >= 4 is 58.0 Å². The van der Waals surface area contributed by atoms with Crippen molar-refractivity contribution in [1.29, 1.82) is 0 Å². The Kier molecular flexibility index (Phi) is 7.12. The third-order valence-electron chi connectivity index (χ3n) is 4.86. The van der Waals surface area contributed by atoms with Gasteiger partial charge in [-0.05, 0) is 54.6 Å². The van der Waals surface area contributed by atoms with Crippen LogP contribution in [0.4, 0.5) is 11.4 Å². The van der Waals surface area contributed by atoms with E-state index < -0.39 is 5.91 Å². The number of hydrogen-bond donors (Lipinski definition) is 2. The minimum atomic E-state index is -0.457. The van der Waals surface area contributed by atoms with Gasteiger partial charge < -0.3 is 19.8 Å². The molecule has 0 radical (unpaired) electrons. The average molecular weight is 516 g/mol. The van der Waals surface area contributed by atoms with Crippen LogP contribution >= 0.6 is 34.8 Å². The van der Waals surface area contributed by atoms with Gasteiger partial charge in [0.05, 0.1) is 33.4 Å². The summed E-state index contributed by atoms with van der Waals surface area (Å²) in [4.78, 5) is 25.2. The fourth-order valence-corrected chi connectivity index (χ4v) is 3.68. The van der Waals surface area contributed by atoms with E-state index in [0.29, 0.717) is 49.1 Å². The van der Waals surface area contributed by atoms with Crippen molar-refractivity contribution < 1.29 is 18.7 Å². The number of benzene rings is 3. The molecule has 1 aromatic heterocycles. The van der Waals surface area contributed by atoms with Gasteiger partial charge in [-0.2, -0.15) is 0 Å². The Hall–Kier alpha value is -3.45. The highest BCUT2D eigenvalue weighted by Crippen LogP contribution is 2.31. The molecule has 3 aromatic carbocycles. The summed E-state index contributed by atoms with van der Waals surface area (Å²) in [5, 5.41) is 6.65. The highest BCUT2D eigenvalue weighted by atomic mass is 35.5. The standard InChI is InChI=1S/C25H17Cl3N2O4/c1-33-23-13-15(7-9-20(23)30-24(31)16-4-2-3-5-17(16)26)29-25(32)22-11-10-21(34-22)14-6-8-18(27)19(28)12-14/h2-13H,1H3,(H,29,32)(H,30,31). The lowest BCUT2D eigenvalue weighted by molar-refractivity contribution is 0.0995. The van der Waals surface area contributed by atoms with Crippen molar-refractivity contribution in [3.05, 3.63) is 99.2 Å². The molecule has 2 amide bonds. The van der Waals surface area contributed by atoms with Crippen LogP contribution < -0.4 is 15.4 Å². The third-order valence-corrected chi connectivity index (χ3v) is 5.93. The number of amides is 2. The van der Waals surface area contributed by atoms with E-state index in [9.17, 15) is 9.59 Å². The molecular weight excluding hydrogens is 499 g/mol. The summed E-state index contributed by atoms with van der Waals surface area (Å²) in [6.45, 7) is 0. The first kappa shape index (κ1) is 23.7. The number of hydrogen-bond acceptors (Lipinski definition) is 4. The molecule has 0 saturated carbocycles. The molecule has 0 spiro atoms. The van der Waals surface area contributed by atoms with Crippen molar-refractivity contribution in [3.63, 3.8) is 0 Å². The molecule has 0 bridgehead atoms. The minimum absolute atomic E-state index is 0.108. The van der Waals surface area contributed by atoms with Gasteiger partial charge in [-0.3, -0.25) is 9.59 Å². The largest absolute Gasteiger partial charge is 0.494 e. The molecule has 2 N–H and O–H groups in total. The smallest absolute Gasteiger partial charge is 0.291 e. The van der Waals surface area contributed by atoms with Gasteiger partial charge in [0.1, 0.15) is 11.5 Å². The molecule has 1 heterocycles. The number of carbonyl (C=O) groups excluding carboxylic acids is 2. The molecule has 4 aromatic rings. The molecule has 4 rings (SSSR count). The first-order chi connectivity index (χ1) is 16.4. The van der Waals surface area contributed by atoms with Crippen LogP contribution in [0.2, 0.25) is 15.1 Å². The van der Waals surface area contributed by atoms with Crippen molar-refractivity contribution in [2.75, 3.05) is 17.7 Å². The van der Waals surface area contributed by atoms with Gasteiger partial charge in [-0.15, -0.1) is 0 Å². The molecule has 34 heavy (non-hydrogen) atoms. The molecule has 9 heteroatoms. The number of methoxy groups -OCH3 is 1. The van der Waals surface area contributed by atoms with Gasteiger partial charge in [-0.25, -0.2) is 0 Å². The third kappa shape index (κ3) is 5.20. The second kappa shape index (κ2) is 10.2. The van der Waals surface area contributed by atoms with E-state index in [0.717, 1.165) is 0 Å². The second-order valence-electron chi connectivity index (χ2n) is 7.10. The Morgan fingerprint density at radius 3 is 2.32 bits per heavy atom. The lowest BCUT2D eigenvalue weighted by atomic mass is 10.2. The average Bonchev–Trinajstić information content (AvgIpc) is 3.32. The highest BCUT2D eigenvalue weighted by Gasteiger charge is 2.16. The Bertz CT molecular complexity index is 1380. The van der Waals surface area contributed by atoms with E-state index in [4.69, 9.17) is 44.0 Å². The second-order valence-corrected chi connectivity index (χ2v) is 8.32. The molecule has 172 valence electrons. The zero-order valence-corrected chi connectivity index (χ0v) is 20.0. The Morgan fingerprint density at radius 1 is 0.794 bits per heavy atom. The van der Waals surface area contributed by atoms with Gasteiger partial charge in [-0.1, -0.05) is 46.9 Å². The first-order valence-corrected chi connectivity index (χ1v) is 11.1. The predicted octanol–water partition coefficient (Wildman–Crippen LogP) is 7.42. The zero-order chi connectivity index (χ0) is 24.2. The van der Waals surface area contributed by atoms with Crippen LogP contribution in [0.3, 0.4) is 0 Å². The van der Waals surface area contributed by atoms with E-state index in [1.165, 1.54) is 7.11 Å². The topological polar surface area (TPSA) is 80.6 Å². The maximum Gasteiger partial charge on any atom is 0.291 e. The summed E-state index contributed by atoms with van der Waals surface area (Å²) in [7, 11) is 1.46. The van der Waals surface area contributed by atoms with Crippen LogP contribution in [-0.2, 0) is 0 Å². The van der Waals surface area contributed by atoms with Crippen molar-refractivity contribution in [3.8, 4) is 17.1 Å². The lowest BCUT2D eigenvalue weighted by Crippen LogP contribution is -2.14. The number of ether oxygens (including phenoxy) is 1. The Balaban J connectivity index is 1.48. The zero-order valence-electron chi connectivity index (χ0n) is 17.7. The van der Waals surface area contributed by atoms with Crippen molar-refractivity contribution in [1.82, 2.24) is 0 Å². The van der Waals surface area contributed by atoms with E-state index in [1.54, 1.807) is 72.8 Å². The fraction of sp³-hybridized carbons (Fsp3) is 0.0400. The van der Waals surface area contributed by atoms with E-state index >= 15 is 0 Å². The van der Waals surface area contributed by atoms with E-state index in [-0.39, 0.29) is 11.7 Å². The first-order valence-electron chi connectivity index (χ1n) is 9.96. The highest BCUT2D eigenvalue weighted by molar-refractivity contribution is 6.42. The van der Waals surface area contributed by atoms with Gasteiger partial charge in [0, 0.05) is 17.3 Å². The van der Waals surface area contributed by atoms with Crippen LogP contribution in [0.15, 0.2) is 77.2 Å². The molecule has 0 aliphatic rings. The van der Waals surface area contributed by atoms with E-state index in [1.807, 2.05) is 0 Å². The number of rotatable bonds is 6. The van der Waals surface area contributed by atoms with Crippen molar-refractivity contribution in [2.45, 2.75) is 0 Å². The van der Waals surface area contributed by atoms with E-state index in [2.05, 4.69) is 10.6 Å². The van der Waals surface area contributed by atoms with Crippen molar-refractivity contribution in [2.24, 2.45) is 0 Å². The van der Waals surface area contributed by atoms with Crippen LogP contribution in [0.25, 0.3) is 11.3 Å². The van der Waals surface area contributed by atoms with Crippen LogP contribution in [0.5, 0.6) is 5.75 Å². The summed E-state index contributed by atoms with van der Waals surface area (Å²) in [5.74, 6) is 0.0940. The van der Waals surface area contributed by atoms with Gasteiger partial charge in [0.25, 0.3) is 11.8 Å². The summed E-state index contributed by atoms with van der Waals surface area (Å²) in [6.07, 6.45) is 0. The summed E-state index contributed by atoms with van der Waals surface area (Å²) < 4.78 is 11.1. The molecule has 0 saturated heterocycles. The molecule has 0 fully saturated rings. The summed E-state index contributed by atoms with van der Waals surface area (Å²) in [6, 6.07) is 19.8. The number of halogens is 3. The quantitative estimate of drug-likeness (QED) is 0.280. The molecular formula is C25H17Cl3N2O4.